The molecule has 1 amide bonds. The van der Waals surface area contributed by atoms with Crippen LogP contribution in [0.15, 0.2) is 18.2 Å². The van der Waals surface area contributed by atoms with Crippen molar-refractivity contribution in [1.29, 1.82) is 0 Å². The van der Waals surface area contributed by atoms with E-state index >= 15 is 0 Å². The number of carbonyl (C=O) groups is 1. The molecule has 0 bridgehead atoms. The molecule has 0 saturated carbocycles. The number of rotatable bonds is 4. The first-order valence-electron chi connectivity index (χ1n) is 7.25. The summed E-state index contributed by atoms with van der Waals surface area (Å²) in [7, 11) is 1.87. The zero-order valence-corrected chi connectivity index (χ0v) is 12.5. The van der Waals surface area contributed by atoms with Crippen LogP contribution in [0.1, 0.15) is 35.2 Å². The van der Waals surface area contributed by atoms with Crippen LogP contribution in [0, 0.1) is 17.0 Å². The van der Waals surface area contributed by atoms with Crippen molar-refractivity contribution in [2.24, 2.45) is 0 Å². The minimum absolute atomic E-state index is 0.00280. The lowest BCUT2D eigenvalue weighted by Gasteiger charge is -2.35. The average molecular weight is 291 g/mol. The highest BCUT2D eigenvalue weighted by molar-refractivity contribution is 5.95. The van der Waals surface area contributed by atoms with E-state index in [4.69, 9.17) is 0 Å². The van der Waals surface area contributed by atoms with E-state index in [2.05, 4.69) is 5.32 Å². The van der Waals surface area contributed by atoms with E-state index in [0.29, 0.717) is 17.7 Å². The summed E-state index contributed by atoms with van der Waals surface area (Å²) in [6.07, 6.45) is 3.07. The summed E-state index contributed by atoms with van der Waals surface area (Å²) in [5, 5.41) is 14.1. The van der Waals surface area contributed by atoms with Gasteiger partial charge in [-0.15, -0.1) is 0 Å². The first kappa shape index (κ1) is 15.4. The second kappa shape index (κ2) is 6.67. The summed E-state index contributed by atoms with van der Waals surface area (Å²) in [5.41, 5.74) is 0.972. The van der Waals surface area contributed by atoms with Gasteiger partial charge >= 0.3 is 0 Å². The molecule has 1 heterocycles. The van der Waals surface area contributed by atoms with Crippen LogP contribution >= 0.6 is 0 Å². The first-order chi connectivity index (χ1) is 10.0. The van der Waals surface area contributed by atoms with Crippen LogP contribution in [-0.4, -0.2) is 41.9 Å². The van der Waals surface area contributed by atoms with Gasteiger partial charge in [0.05, 0.1) is 4.92 Å². The second-order valence-electron chi connectivity index (χ2n) is 5.46. The number of nitrogens with one attached hydrogen (secondary N) is 1. The molecule has 21 heavy (non-hydrogen) atoms. The molecule has 6 heteroatoms. The number of hydrogen-bond acceptors (Lipinski definition) is 4. The van der Waals surface area contributed by atoms with E-state index in [9.17, 15) is 14.9 Å². The van der Waals surface area contributed by atoms with Crippen molar-refractivity contribution in [3.63, 3.8) is 0 Å². The van der Waals surface area contributed by atoms with E-state index in [0.717, 1.165) is 25.8 Å². The number of hydrogen-bond donors (Lipinski definition) is 1. The second-order valence-corrected chi connectivity index (χ2v) is 5.46. The number of benzene rings is 1. The van der Waals surface area contributed by atoms with Crippen LogP contribution < -0.4 is 5.32 Å². The fourth-order valence-electron chi connectivity index (χ4n) is 2.82. The lowest BCUT2D eigenvalue weighted by Crippen LogP contribution is -2.48. The Labute approximate surface area is 124 Å². The summed E-state index contributed by atoms with van der Waals surface area (Å²) < 4.78 is 0. The van der Waals surface area contributed by atoms with Gasteiger partial charge in [-0.3, -0.25) is 14.9 Å². The molecule has 1 atom stereocenters. The van der Waals surface area contributed by atoms with Gasteiger partial charge in [0.1, 0.15) is 0 Å². The molecule has 114 valence electrons. The van der Waals surface area contributed by atoms with Gasteiger partial charge in [-0.25, -0.2) is 0 Å². The maximum atomic E-state index is 12.6. The lowest BCUT2D eigenvalue weighted by atomic mass is 10.00. The Morgan fingerprint density at radius 1 is 1.48 bits per heavy atom. The van der Waals surface area contributed by atoms with Gasteiger partial charge in [0.15, 0.2) is 0 Å². The molecule has 0 radical (unpaired) electrons. The number of likely N-dealkylation sites (N-methyl/N-ethyl adjacent to an activating group) is 1. The van der Waals surface area contributed by atoms with Crippen molar-refractivity contribution >= 4 is 11.6 Å². The summed E-state index contributed by atoms with van der Waals surface area (Å²) in [6.45, 7) is 3.14. The maximum absolute atomic E-state index is 12.6. The molecule has 0 spiro atoms. The van der Waals surface area contributed by atoms with Crippen molar-refractivity contribution in [1.82, 2.24) is 10.2 Å². The van der Waals surface area contributed by atoms with Crippen LogP contribution in [0.2, 0.25) is 0 Å². The molecule has 0 aromatic heterocycles. The molecular weight excluding hydrogens is 270 g/mol. The standard InChI is InChI=1S/C15H21N3O3/c1-11-6-7-12(9-14(11)18(20)21)15(19)17-8-4-3-5-13(17)10-16-2/h6-7,9,13,16H,3-5,8,10H2,1-2H3. The Morgan fingerprint density at radius 3 is 2.90 bits per heavy atom. The predicted octanol–water partition coefficient (Wildman–Crippen LogP) is 2.12. The van der Waals surface area contributed by atoms with Crippen molar-refractivity contribution in [3.8, 4) is 0 Å². The van der Waals surface area contributed by atoms with Gasteiger partial charge in [0.25, 0.3) is 11.6 Å². The van der Waals surface area contributed by atoms with Crippen molar-refractivity contribution in [3.05, 3.63) is 39.4 Å². The SMILES string of the molecule is CNCC1CCCCN1C(=O)c1ccc(C)c([N+](=O)[O-])c1. The monoisotopic (exact) mass is 291 g/mol. The molecule has 1 aliphatic heterocycles. The third-order valence-electron chi connectivity index (χ3n) is 3.98. The van der Waals surface area contributed by atoms with Crippen molar-refractivity contribution < 1.29 is 9.72 Å². The van der Waals surface area contributed by atoms with E-state index in [1.165, 1.54) is 6.07 Å². The third kappa shape index (κ3) is 3.39. The topological polar surface area (TPSA) is 75.5 Å². The molecule has 1 fully saturated rings. The molecule has 0 aliphatic carbocycles. The van der Waals surface area contributed by atoms with Crippen LogP contribution in [0.3, 0.4) is 0 Å². The lowest BCUT2D eigenvalue weighted by molar-refractivity contribution is -0.385. The maximum Gasteiger partial charge on any atom is 0.273 e. The number of nitro groups is 1. The van der Waals surface area contributed by atoms with Crippen molar-refractivity contribution in [2.45, 2.75) is 32.2 Å². The largest absolute Gasteiger partial charge is 0.334 e. The fourth-order valence-corrected chi connectivity index (χ4v) is 2.82. The van der Waals surface area contributed by atoms with E-state index in [1.807, 2.05) is 11.9 Å². The van der Waals surface area contributed by atoms with Crippen LogP contribution in [-0.2, 0) is 0 Å². The molecule has 1 aromatic carbocycles. The molecular formula is C15H21N3O3. The Hall–Kier alpha value is -1.95. The Balaban J connectivity index is 2.26. The highest BCUT2D eigenvalue weighted by atomic mass is 16.6. The van der Waals surface area contributed by atoms with E-state index in [1.54, 1.807) is 19.1 Å². The first-order valence-corrected chi connectivity index (χ1v) is 7.25. The highest BCUT2D eigenvalue weighted by Crippen LogP contribution is 2.23. The zero-order chi connectivity index (χ0) is 15.4. The molecule has 6 nitrogen and oxygen atoms in total. The molecule has 1 aliphatic rings. The number of amides is 1. The van der Waals surface area contributed by atoms with Crippen molar-refractivity contribution in [2.75, 3.05) is 20.1 Å². The third-order valence-corrected chi connectivity index (χ3v) is 3.98. The highest BCUT2D eigenvalue weighted by Gasteiger charge is 2.28. The van der Waals surface area contributed by atoms with Crippen LogP contribution in [0.5, 0.6) is 0 Å². The summed E-state index contributed by atoms with van der Waals surface area (Å²) in [5.74, 6) is -0.113. The zero-order valence-electron chi connectivity index (χ0n) is 12.5. The number of carbonyl (C=O) groups excluding carboxylic acids is 1. The van der Waals surface area contributed by atoms with Gasteiger partial charge < -0.3 is 10.2 Å². The molecule has 1 N–H and O–H groups in total. The van der Waals surface area contributed by atoms with Gasteiger partial charge in [-0.1, -0.05) is 6.07 Å². The predicted molar refractivity (Wildman–Crippen MR) is 80.4 cm³/mol. The summed E-state index contributed by atoms with van der Waals surface area (Å²) >= 11 is 0. The molecule has 1 unspecified atom stereocenters. The van der Waals surface area contributed by atoms with Gasteiger partial charge in [0, 0.05) is 36.3 Å². The van der Waals surface area contributed by atoms with E-state index < -0.39 is 4.92 Å². The van der Waals surface area contributed by atoms with Gasteiger partial charge in [-0.05, 0) is 39.3 Å². The summed E-state index contributed by atoms with van der Waals surface area (Å²) in [6, 6.07) is 4.87. The smallest absolute Gasteiger partial charge is 0.273 e. The quantitative estimate of drug-likeness (QED) is 0.681. The molecule has 1 saturated heterocycles. The van der Waals surface area contributed by atoms with Gasteiger partial charge in [-0.2, -0.15) is 0 Å². The molecule has 1 aromatic rings. The number of aryl methyl sites for hydroxylation is 1. The average Bonchev–Trinajstić information content (AvgIpc) is 2.47. The number of likely N-dealkylation sites (tertiary alicyclic amines) is 1. The minimum atomic E-state index is -0.437. The number of piperidine rings is 1. The van der Waals surface area contributed by atoms with Gasteiger partial charge in [0.2, 0.25) is 0 Å². The Bertz CT molecular complexity index is 543. The fraction of sp³-hybridized carbons (Fsp3) is 0.533. The molecule has 2 rings (SSSR count). The van der Waals surface area contributed by atoms with Crippen LogP contribution in [0.4, 0.5) is 5.69 Å². The number of nitro benzene ring substituents is 1. The Kier molecular flexibility index (Phi) is 4.90. The van der Waals surface area contributed by atoms with Crippen LogP contribution in [0.25, 0.3) is 0 Å². The Morgan fingerprint density at radius 2 is 2.24 bits per heavy atom. The van der Waals surface area contributed by atoms with E-state index in [-0.39, 0.29) is 17.6 Å². The minimum Gasteiger partial charge on any atom is -0.334 e. The summed E-state index contributed by atoms with van der Waals surface area (Å²) in [4.78, 5) is 25.1. The normalized spacial score (nSPS) is 18.6. The number of nitrogens with zero attached hydrogens (tertiary/aromatic N) is 2.